The van der Waals surface area contributed by atoms with Crippen molar-refractivity contribution in [1.29, 1.82) is 0 Å². The predicted octanol–water partition coefficient (Wildman–Crippen LogP) is 3.40. The van der Waals surface area contributed by atoms with Crippen molar-refractivity contribution >= 4 is 5.78 Å². The fourth-order valence-corrected chi connectivity index (χ4v) is 2.70. The first-order valence-electron chi connectivity index (χ1n) is 6.97. The summed E-state index contributed by atoms with van der Waals surface area (Å²) in [6.45, 7) is 6.46. The second-order valence-electron chi connectivity index (χ2n) is 5.13. The average molecular weight is 225 g/mol. The molecule has 0 amide bonds. The summed E-state index contributed by atoms with van der Waals surface area (Å²) in [7, 11) is 0. The van der Waals surface area contributed by atoms with E-state index in [-0.39, 0.29) is 0 Å². The van der Waals surface area contributed by atoms with E-state index >= 15 is 0 Å². The molecule has 0 aromatic heterocycles. The number of Topliss-reactive ketones (excluding diaryl/α,β-unsaturated/α-hetero) is 1. The van der Waals surface area contributed by atoms with Gasteiger partial charge in [-0.3, -0.25) is 0 Å². The van der Waals surface area contributed by atoms with Crippen LogP contribution in [0.25, 0.3) is 0 Å². The molecule has 1 aliphatic heterocycles. The van der Waals surface area contributed by atoms with Crippen LogP contribution in [0.4, 0.5) is 0 Å². The molecular formula is C14H27NO. The molecule has 0 aromatic carbocycles. The van der Waals surface area contributed by atoms with Crippen LogP contribution in [0.3, 0.4) is 0 Å². The van der Waals surface area contributed by atoms with Crippen LogP contribution in [0.15, 0.2) is 0 Å². The molecule has 0 aromatic rings. The fourth-order valence-electron chi connectivity index (χ4n) is 2.70. The quantitative estimate of drug-likeness (QED) is 0.619. The van der Waals surface area contributed by atoms with Crippen molar-refractivity contribution in [2.45, 2.75) is 71.3 Å². The summed E-state index contributed by atoms with van der Waals surface area (Å²) in [5.74, 6) is 0.337. The molecule has 0 radical (unpaired) electrons. The van der Waals surface area contributed by atoms with Gasteiger partial charge >= 0.3 is 0 Å². The summed E-state index contributed by atoms with van der Waals surface area (Å²) in [6.07, 6.45) is 9.86. The van der Waals surface area contributed by atoms with Crippen molar-refractivity contribution in [3.63, 3.8) is 0 Å². The SMILES string of the molecule is CCCC1CCCCN1CCCCC(C)=O. The Morgan fingerprint density at radius 2 is 2.12 bits per heavy atom. The number of unbranched alkanes of at least 4 members (excludes halogenated alkanes) is 1. The Morgan fingerprint density at radius 3 is 2.81 bits per heavy atom. The van der Waals surface area contributed by atoms with Gasteiger partial charge in [0.15, 0.2) is 0 Å². The average Bonchev–Trinajstić information content (AvgIpc) is 2.26. The minimum absolute atomic E-state index is 0.337. The standard InChI is InChI=1S/C14H27NO/c1-3-8-14-10-5-7-12-15(14)11-6-4-9-13(2)16/h14H,3-12H2,1-2H3. The molecule has 94 valence electrons. The third-order valence-corrected chi connectivity index (χ3v) is 3.60. The minimum atomic E-state index is 0.337. The van der Waals surface area contributed by atoms with E-state index in [1.807, 2.05) is 0 Å². The van der Waals surface area contributed by atoms with Crippen molar-refractivity contribution in [3.8, 4) is 0 Å². The van der Waals surface area contributed by atoms with Gasteiger partial charge in [0.1, 0.15) is 5.78 Å². The van der Waals surface area contributed by atoms with E-state index in [9.17, 15) is 4.79 Å². The van der Waals surface area contributed by atoms with Crippen LogP contribution in [0.5, 0.6) is 0 Å². The number of hydrogen-bond donors (Lipinski definition) is 0. The first-order valence-corrected chi connectivity index (χ1v) is 6.97. The molecule has 2 nitrogen and oxygen atoms in total. The van der Waals surface area contributed by atoms with Gasteiger partial charge in [0.25, 0.3) is 0 Å². The number of ketones is 1. The normalized spacial score (nSPS) is 22.2. The highest BCUT2D eigenvalue weighted by Crippen LogP contribution is 2.21. The number of carbonyl (C=O) groups excluding carboxylic acids is 1. The van der Waals surface area contributed by atoms with Gasteiger partial charge in [-0.05, 0) is 52.1 Å². The molecule has 1 saturated heterocycles. The van der Waals surface area contributed by atoms with Crippen molar-refractivity contribution in [2.75, 3.05) is 13.1 Å². The van der Waals surface area contributed by atoms with Gasteiger partial charge in [0.05, 0.1) is 0 Å². The first-order chi connectivity index (χ1) is 7.74. The summed E-state index contributed by atoms with van der Waals surface area (Å²) in [5.41, 5.74) is 0. The number of rotatable bonds is 7. The third kappa shape index (κ3) is 5.11. The summed E-state index contributed by atoms with van der Waals surface area (Å²) in [4.78, 5) is 13.5. The van der Waals surface area contributed by atoms with Crippen molar-refractivity contribution < 1.29 is 4.79 Å². The zero-order valence-electron chi connectivity index (χ0n) is 11.0. The van der Waals surface area contributed by atoms with E-state index in [2.05, 4.69) is 11.8 Å². The number of hydrogen-bond acceptors (Lipinski definition) is 2. The topological polar surface area (TPSA) is 20.3 Å². The van der Waals surface area contributed by atoms with Gasteiger partial charge in [-0.25, -0.2) is 0 Å². The number of nitrogens with zero attached hydrogens (tertiary/aromatic N) is 1. The number of carbonyl (C=O) groups is 1. The Hall–Kier alpha value is -0.370. The van der Waals surface area contributed by atoms with Crippen LogP contribution in [0.2, 0.25) is 0 Å². The fraction of sp³-hybridized carbons (Fsp3) is 0.929. The first kappa shape index (κ1) is 13.7. The smallest absolute Gasteiger partial charge is 0.129 e. The van der Waals surface area contributed by atoms with Crippen LogP contribution < -0.4 is 0 Å². The molecule has 0 saturated carbocycles. The monoisotopic (exact) mass is 225 g/mol. The lowest BCUT2D eigenvalue weighted by Gasteiger charge is -2.35. The summed E-state index contributed by atoms with van der Waals surface area (Å²) in [5, 5.41) is 0. The number of piperidine rings is 1. The lowest BCUT2D eigenvalue weighted by molar-refractivity contribution is -0.117. The summed E-state index contributed by atoms with van der Waals surface area (Å²) >= 11 is 0. The van der Waals surface area contributed by atoms with Gasteiger partial charge in [0, 0.05) is 12.5 Å². The van der Waals surface area contributed by atoms with E-state index in [1.54, 1.807) is 6.92 Å². The van der Waals surface area contributed by atoms with Crippen LogP contribution in [-0.2, 0) is 4.79 Å². The van der Waals surface area contributed by atoms with Gasteiger partial charge in [0.2, 0.25) is 0 Å². The molecule has 16 heavy (non-hydrogen) atoms. The lowest BCUT2D eigenvalue weighted by atomic mass is 9.98. The molecule has 1 aliphatic rings. The van der Waals surface area contributed by atoms with Gasteiger partial charge < -0.3 is 9.69 Å². The van der Waals surface area contributed by atoms with Crippen LogP contribution >= 0.6 is 0 Å². The molecular weight excluding hydrogens is 198 g/mol. The Bertz CT molecular complexity index is 201. The second-order valence-corrected chi connectivity index (χ2v) is 5.13. The largest absolute Gasteiger partial charge is 0.300 e. The molecule has 0 N–H and O–H groups in total. The molecule has 1 fully saturated rings. The van der Waals surface area contributed by atoms with Crippen LogP contribution in [0, 0.1) is 0 Å². The molecule has 0 spiro atoms. The minimum Gasteiger partial charge on any atom is -0.300 e. The predicted molar refractivity (Wildman–Crippen MR) is 68.7 cm³/mol. The summed E-state index contributed by atoms with van der Waals surface area (Å²) in [6, 6.07) is 0.830. The maximum atomic E-state index is 10.8. The van der Waals surface area contributed by atoms with Gasteiger partial charge in [-0.15, -0.1) is 0 Å². The van der Waals surface area contributed by atoms with Crippen LogP contribution in [0.1, 0.15) is 65.2 Å². The molecule has 0 aliphatic carbocycles. The zero-order valence-corrected chi connectivity index (χ0v) is 11.0. The second kappa shape index (κ2) is 7.83. The molecule has 1 unspecified atom stereocenters. The molecule has 1 rings (SSSR count). The Kier molecular flexibility index (Phi) is 6.70. The van der Waals surface area contributed by atoms with E-state index in [4.69, 9.17) is 0 Å². The van der Waals surface area contributed by atoms with E-state index in [0.29, 0.717) is 5.78 Å². The molecule has 1 atom stereocenters. The maximum absolute atomic E-state index is 10.8. The summed E-state index contributed by atoms with van der Waals surface area (Å²) < 4.78 is 0. The van der Waals surface area contributed by atoms with Gasteiger partial charge in [-0.2, -0.15) is 0 Å². The Labute approximate surface area is 100 Å². The highest BCUT2D eigenvalue weighted by Gasteiger charge is 2.20. The third-order valence-electron chi connectivity index (χ3n) is 3.60. The van der Waals surface area contributed by atoms with E-state index < -0.39 is 0 Å². The highest BCUT2D eigenvalue weighted by molar-refractivity contribution is 5.75. The van der Waals surface area contributed by atoms with E-state index in [0.717, 1.165) is 18.9 Å². The highest BCUT2D eigenvalue weighted by atomic mass is 16.1. The Balaban J connectivity index is 2.18. The van der Waals surface area contributed by atoms with Crippen LogP contribution in [-0.4, -0.2) is 29.8 Å². The number of likely N-dealkylation sites (tertiary alicyclic amines) is 1. The van der Waals surface area contributed by atoms with Crippen molar-refractivity contribution in [2.24, 2.45) is 0 Å². The lowest BCUT2D eigenvalue weighted by Crippen LogP contribution is -2.39. The van der Waals surface area contributed by atoms with Gasteiger partial charge in [-0.1, -0.05) is 19.8 Å². The molecule has 2 heteroatoms. The van der Waals surface area contributed by atoms with E-state index in [1.165, 1.54) is 51.6 Å². The zero-order chi connectivity index (χ0) is 11.8. The Morgan fingerprint density at radius 1 is 1.31 bits per heavy atom. The molecule has 1 heterocycles. The van der Waals surface area contributed by atoms with Crippen molar-refractivity contribution in [1.82, 2.24) is 4.90 Å². The molecule has 0 bridgehead atoms. The van der Waals surface area contributed by atoms with Crippen molar-refractivity contribution in [3.05, 3.63) is 0 Å². The maximum Gasteiger partial charge on any atom is 0.129 e.